The van der Waals surface area contributed by atoms with Crippen LogP contribution in [0.4, 0.5) is 4.39 Å². The fourth-order valence-electron chi connectivity index (χ4n) is 1.15. The van der Waals surface area contributed by atoms with E-state index in [0.717, 1.165) is 0 Å². The Hall–Kier alpha value is -1.64. The zero-order chi connectivity index (χ0) is 10.4. The molecule has 0 bridgehead atoms. The van der Waals surface area contributed by atoms with Gasteiger partial charge in [0.15, 0.2) is 0 Å². The van der Waals surface area contributed by atoms with Gasteiger partial charge in [0.05, 0.1) is 0 Å². The Kier molecular flexibility index (Phi) is 3.85. The topological polar surface area (TPSA) is 26.3 Å². The van der Waals surface area contributed by atoms with E-state index in [1.165, 1.54) is 0 Å². The lowest BCUT2D eigenvalue weighted by atomic mass is 10.1. The van der Waals surface area contributed by atoms with Crippen LogP contribution in [-0.4, -0.2) is 6.47 Å². The van der Waals surface area contributed by atoms with E-state index in [2.05, 4.69) is 0 Å². The van der Waals surface area contributed by atoms with Crippen molar-refractivity contribution < 1.29 is 13.9 Å². The van der Waals surface area contributed by atoms with Gasteiger partial charge in [0.25, 0.3) is 6.47 Å². The molecule has 0 saturated heterocycles. The van der Waals surface area contributed by atoms with Gasteiger partial charge in [0, 0.05) is 5.56 Å². The highest BCUT2D eigenvalue weighted by Gasteiger charge is 2.01. The van der Waals surface area contributed by atoms with Crippen molar-refractivity contribution in [3.05, 3.63) is 35.4 Å². The lowest BCUT2D eigenvalue weighted by Gasteiger charge is -2.04. The monoisotopic (exact) mass is 194 g/mol. The SMILES string of the molecule is C/C=C\c1cc(CF)ccc1OC=O. The highest BCUT2D eigenvalue weighted by Crippen LogP contribution is 2.21. The smallest absolute Gasteiger partial charge is 0.298 e. The largest absolute Gasteiger partial charge is 0.428 e. The van der Waals surface area contributed by atoms with E-state index < -0.39 is 6.67 Å². The normalized spacial score (nSPS) is 10.4. The molecule has 0 N–H and O–H groups in total. The van der Waals surface area contributed by atoms with Gasteiger partial charge < -0.3 is 4.74 Å². The van der Waals surface area contributed by atoms with Gasteiger partial charge >= 0.3 is 0 Å². The summed E-state index contributed by atoms with van der Waals surface area (Å²) in [4.78, 5) is 10.2. The molecular weight excluding hydrogens is 183 g/mol. The van der Waals surface area contributed by atoms with E-state index >= 15 is 0 Å². The Morgan fingerprint density at radius 3 is 2.86 bits per heavy atom. The highest BCUT2D eigenvalue weighted by molar-refractivity contribution is 5.61. The number of hydrogen-bond donors (Lipinski definition) is 0. The Labute approximate surface area is 82.0 Å². The maximum Gasteiger partial charge on any atom is 0.298 e. The molecule has 3 heteroatoms. The van der Waals surface area contributed by atoms with Gasteiger partial charge in [0.2, 0.25) is 0 Å². The first-order valence-electron chi connectivity index (χ1n) is 4.23. The number of halogens is 1. The molecule has 0 saturated carbocycles. The molecular formula is C11H11FO2. The van der Waals surface area contributed by atoms with Gasteiger partial charge in [0.1, 0.15) is 12.4 Å². The molecule has 0 aliphatic rings. The number of ether oxygens (including phenoxy) is 1. The summed E-state index contributed by atoms with van der Waals surface area (Å²) < 4.78 is 17.1. The molecule has 0 fully saturated rings. The third kappa shape index (κ3) is 2.42. The average molecular weight is 194 g/mol. The average Bonchev–Trinajstić information content (AvgIpc) is 2.21. The predicted molar refractivity (Wildman–Crippen MR) is 52.7 cm³/mol. The van der Waals surface area contributed by atoms with Crippen LogP contribution in [0.1, 0.15) is 18.1 Å². The number of carbonyl (C=O) groups is 1. The third-order valence-corrected chi connectivity index (χ3v) is 1.75. The Balaban J connectivity index is 3.09. The minimum atomic E-state index is -0.522. The van der Waals surface area contributed by atoms with E-state index in [1.807, 2.05) is 6.92 Å². The number of benzene rings is 1. The number of hydrogen-bond acceptors (Lipinski definition) is 2. The molecule has 0 aliphatic heterocycles. The second-order valence-corrected chi connectivity index (χ2v) is 2.72. The molecule has 0 aliphatic carbocycles. The molecule has 14 heavy (non-hydrogen) atoms. The van der Waals surface area contributed by atoms with Crippen LogP contribution in [0.15, 0.2) is 24.3 Å². The number of rotatable bonds is 4. The molecule has 0 amide bonds. The number of carbonyl (C=O) groups excluding carboxylic acids is 1. The lowest BCUT2D eigenvalue weighted by molar-refractivity contribution is -0.120. The first kappa shape index (κ1) is 10.4. The zero-order valence-corrected chi connectivity index (χ0v) is 7.87. The fourth-order valence-corrected chi connectivity index (χ4v) is 1.15. The predicted octanol–water partition coefficient (Wildman–Crippen LogP) is 2.72. The zero-order valence-electron chi connectivity index (χ0n) is 7.87. The summed E-state index contributed by atoms with van der Waals surface area (Å²) >= 11 is 0. The molecule has 0 radical (unpaired) electrons. The summed E-state index contributed by atoms with van der Waals surface area (Å²) in [5.41, 5.74) is 1.27. The summed E-state index contributed by atoms with van der Waals surface area (Å²) in [7, 11) is 0. The second-order valence-electron chi connectivity index (χ2n) is 2.72. The Morgan fingerprint density at radius 1 is 1.50 bits per heavy atom. The van der Waals surface area contributed by atoms with Crippen molar-refractivity contribution in [3.63, 3.8) is 0 Å². The molecule has 0 unspecified atom stereocenters. The molecule has 1 aromatic rings. The number of allylic oxidation sites excluding steroid dienone is 1. The van der Waals surface area contributed by atoms with E-state index in [1.54, 1.807) is 30.4 Å². The number of alkyl halides is 1. The summed E-state index contributed by atoms with van der Waals surface area (Å²) in [5.74, 6) is 0.440. The van der Waals surface area contributed by atoms with Gasteiger partial charge in [-0.05, 0) is 24.6 Å². The van der Waals surface area contributed by atoms with Crippen molar-refractivity contribution in [1.82, 2.24) is 0 Å². The third-order valence-electron chi connectivity index (χ3n) is 1.75. The van der Waals surface area contributed by atoms with Crippen molar-refractivity contribution in [2.45, 2.75) is 13.6 Å². The van der Waals surface area contributed by atoms with Gasteiger partial charge in [-0.25, -0.2) is 4.39 Å². The van der Waals surface area contributed by atoms with Crippen LogP contribution >= 0.6 is 0 Å². The molecule has 74 valence electrons. The van der Waals surface area contributed by atoms with Gasteiger partial charge in [-0.1, -0.05) is 18.2 Å². The van der Waals surface area contributed by atoms with E-state index in [9.17, 15) is 9.18 Å². The second kappa shape index (κ2) is 5.17. The van der Waals surface area contributed by atoms with Crippen LogP contribution in [0, 0.1) is 0 Å². The first-order chi connectivity index (χ1) is 6.81. The molecule has 1 rings (SSSR count). The molecule has 0 aromatic heterocycles. The summed E-state index contributed by atoms with van der Waals surface area (Å²) in [6.45, 7) is 1.68. The highest BCUT2D eigenvalue weighted by atomic mass is 19.1. The maximum absolute atomic E-state index is 12.3. The van der Waals surface area contributed by atoms with Crippen LogP contribution < -0.4 is 4.74 Å². The maximum atomic E-state index is 12.3. The van der Waals surface area contributed by atoms with Crippen LogP contribution in [0.2, 0.25) is 0 Å². The molecule has 2 nitrogen and oxygen atoms in total. The quantitative estimate of drug-likeness (QED) is 0.689. The van der Waals surface area contributed by atoms with Crippen molar-refractivity contribution in [2.75, 3.05) is 0 Å². The van der Waals surface area contributed by atoms with Gasteiger partial charge in [-0.15, -0.1) is 0 Å². The van der Waals surface area contributed by atoms with Gasteiger partial charge in [-0.3, -0.25) is 4.79 Å². The molecule has 0 heterocycles. The summed E-state index contributed by atoms with van der Waals surface area (Å²) in [6.07, 6.45) is 3.56. The van der Waals surface area contributed by atoms with Crippen molar-refractivity contribution in [3.8, 4) is 5.75 Å². The lowest BCUT2D eigenvalue weighted by Crippen LogP contribution is -1.92. The van der Waals surface area contributed by atoms with Crippen molar-refractivity contribution in [1.29, 1.82) is 0 Å². The Bertz CT molecular complexity index is 345. The fraction of sp³-hybridized carbons (Fsp3) is 0.182. The standard InChI is InChI=1S/C11H11FO2/c1-2-3-10-6-9(7-12)4-5-11(10)14-8-13/h2-6,8H,7H2,1H3/b3-2-. The van der Waals surface area contributed by atoms with Crippen LogP contribution in [0.3, 0.4) is 0 Å². The van der Waals surface area contributed by atoms with Crippen LogP contribution in [0.25, 0.3) is 6.08 Å². The Morgan fingerprint density at radius 2 is 2.29 bits per heavy atom. The molecule has 0 atom stereocenters. The summed E-state index contributed by atoms with van der Waals surface area (Å²) in [6, 6.07) is 4.82. The van der Waals surface area contributed by atoms with E-state index in [0.29, 0.717) is 23.3 Å². The van der Waals surface area contributed by atoms with Crippen LogP contribution in [0.5, 0.6) is 5.75 Å². The van der Waals surface area contributed by atoms with E-state index in [-0.39, 0.29) is 0 Å². The molecule has 1 aromatic carbocycles. The minimum Gasteiger partial charge on any atom is -0.428 e. The molecule has 0 spiro atoms. The van der Waals surface area contributed by atoms with E-state index in [4.69, 9.17) is 4.74 Å². The van der Waals surface area contributed by atoms with Crippen LogP contribution in [-0.2, 0) is 11.5 Å². The first-order valence-corrected chi connectivity index (χ1v) is 4.23. The minimum absolute atomic E-state index is 0.359. The van der Waals surface area contributed by atoms with Crippen molar-refractivity contribution >= 4 is 12.5 Å². The van der Waals surface area contributed by atoms with Gasteiger partial charge in [-0.2, -0.15) is 0 Å². The van der Waals surface area contributed by atoms with Crippen molar-refractivity contribution in [2.24, 2.45) is 0 Å². The summed E-state index contributed by atoms with van der Waals surface area (Å²) in [5, 5.41) is 0.